The van der Waals surface area contributed by atoms with Crippen molar-refractivity contribution in [2.75, 3.05) is 18.4 Å². The Kier molecular flexibility index (Phi) is 3.71. The molecule has 1 atom stereocenters. The van der Waals surface area contributed by atoms with Crippen LogP contribution in [0.3, 0.4) is 0 Å². The van der Waals surface area contributed by atoms with E-state index < -0.39 is 17.6 Å². The lowest BCUT2D eigenvalue weighted by molar-refractivity contribution is -0.000647. The fourth-order valence-electron chi connectivity index (χ4n) is 2.44. The second-order valence-corrected chi connectivity index (χ2v) is 5.50. The molecule has 7 heteroatoms. The van der Waals surface area contributed by atoms with Crippen LogP contribution in [0.15, 0.2) is 6.07 Å². The van der Waals surface area contributed by atoms with Gasteiger partial charge in [-0.15, -0.1) is 0 Å². The maximum absolute atomic E-state index is 12.1. The summed E-state index contributed by atoms with van der Waals surface area (Å²) in [5.41, 5.74) is -0.0348. The third-order valence-corrected chi connectivity index (χ3v) is 3.37. The lowest BCUT2D eigenvalue weighted by atomic mass is 9.95. The molecule has 1 fully saturated rings. The van der Waals surface area contributed by atoms with Crippen LogP contribution in [0.2, 0.25) is 0 Å². The third kappa shape index (κ3) is 3.11. The maximum atomic E-state index is 12.1. The molecule has 0 aromatic carbocycles. The molecule has 0 saturated carbocycles. The summed E-state index contributed by atoms with van der Waals surface area (Å²) in [5, 5.41) is 21.6. The first-order valence-electron chi connectivity index (χ1n) is 6.50. The minimum absolute atomic E-state index is 0.0420. The van der Waals surface area contributed by atoms with Crippen LogP contribution in [0.25, 0.3) is 0 Å². The maximum Gasteiger partial charge on any atom is 0.354 e. The number of aromatic amines is 1. The Labute approximate surface area is 116 Å². The Morgan fingerprint density at radius 2 is 2.20 bits per heavy atom. The SMILES string of the molecule is Cc1cc(NC(=O)N2CCCC(C)(O)C2)c(C(=O)O)[nH]1. The van der Waals surface area contributed by atoms with Crippen molar-refractivity contribution in [1.82, 2.24) is 9.88 Å². The molecule has 2 rings (SSSR count). The number of nitrogens with zero attached hydrogens (tertiary/aromatic N) is 1. The largest absolute Gasteiger partial charge is 0.477 e. The quantitative estimate of drug-likeness (QED) is 0.657. The minimum Gasteiger partial charge on any atom is -0.477 e. The molecule has 4 N–H and O–H groups in total. The van der Waals surface area contributed by atoms with E-state index in [-0.39, 0.29) is 17.9 Å². The van der Waals surface area contributed by atoms with Gasteiger partial charge in [-0.25, -0.2) is 9.59 Å². The van der Waals surface area contributed by atoms with Crippen molar-refractivity contribution in [2.45, 2.75) is 32.3 Å². The zero-order valence-corrected chi connectivity index (χ0v) is 11.6. The first-order chi connectivity index (χ1) is 9.28. The third-order valence-electron chi connectivity index (χ3n) is 3.37. The molecule has 1 aromatic heterocycles. The Balaban J connectivity index is 2.10. The zero-order valence-electron chi connectivity index (χ0n) is 11.6. The normalized spacial score (nSPS) is 22.6. The van der Waals surface area contributed by atoms with Crippen LogP contribution < -0.4 is 5.32 Å². The molecular formula is C13H19N3O4. The van der Waals surface area contributed by atoms with E-state index in [9.17, 15) is 14.7 Å². The van der Waals surface area contributed by atoms with E-state index in [1.807, 2.05) is 0 Å². The van der Waals surface area contributed by atoms with Gasteiger partial charge in [0.25, 0.3) is 0 Å². The molecule has 1 saturated heterocycles. The van der Waals surface area contributed by atoms with Crippen molar-refractivity contribution >= 4 is 17.7 Å². The molecule has 0 bridgehead atoms. The van der Waals surface area contributed by atoms with Gasteiger partial charge in [0.2, 0.25) is 0 Å². The number of piperidine rings is 1. The number of aliphatic hydroxyl groups is 1. The molecule has 1 unspecified atom stereocenters. The fourth-order valence-corrected chi connectivity index (χ4v) is 2.44. The minimum atomic E-state index is -1.13. The van der Waals surface area contributed by atoms with Gasteiger partial charge in [0.15, 0.2) is 0 Å². The van der Waals surface area contributed by atoms with Crippen molar-refractivity contribution in [3.8, 4) is 0 Å². The van der Waals surface area contributed by atoms with Gasteiger partial charge in [0.05, 0.1) is 17.8 Å². The van der Waals surface area contributed by atoms with Crippen LogP contribution in [0.4, 0.5) is 10.5 Å². The van der Waals surface area contributed by atoms with Crippen LogP contribution >= 0.6 is 0 Å². The molecule has 1 aliphatic heterocycles. The molecular weight excluding hydrogens is 262 g/mol. The Bertz CT molecular complexity index is 536. The summed E-state index contributed by atoms with van der Waals surface area (Å²) >= 11 is 0. The number of hydrogen-bond acceptors (Lipinski definition) is 3. The van der Waals surface area contributed by atoms with Crippen molar-refractivity contribution in [3.63, 3.8) is 0 Å². The Hall–Kier alpha value is -2.02. The highest BCUT2D eigenvalue weighted by molar-refractivity contribution is 5.99. The van der Waals surface area contributed by atoms with E-state index in [0.717, 1.165) is 6.42 Å². The number of amides is 2. The Morgan fingerprint density at radius 3 is 2.80 bits per heavy atom. The predicted molar refractivity (Wildman–Crippen MR) is 72.9 cm³/mol. The molecule has 2 heterocycles. The van der Waals surface area contributed by atoms with Crippen LogP contribution in [-0.4, -0.2) is 50.8 Å². The number of hydrogen-bond donors (Lipinski definition) is 4. The molecule has 2 amide bonds. The van der Waals surface area contributed by atoms with Gasteiger partial charge in [-0.1, -0.05) is 0 Å². The van der Waals surface area contributed by atoms with E-state index in [4.69, 9.17) is 5.11 Å². The number of carbonyl (C=O) groups excluding carboxylic acids is 1. The number of β-amino-alcohol motifs (C(OH)–C–C–N with tert-alkyl or cyclic N) is 1. The Morgan fingerprint density at radius 1 is 1.50 bits per heavy atom. The monoisotopic (exact) mass is 281 g/mol. The predicted octanol–water partition coefficient (Wildman–Crippen LogP) is 1.40. The van der Waals surface area contributed by atoms with Crippen molar-refractivity contribution in [2.24, 2.45) is 0 Å². The summed E-state index contributed by atoms with van der Waals surface area (Å²) in [6.07, 6.45) is 1.37. The summed E-state index contributed by atoms with van der Waals surface area (Å²) in [7, 11) is 0. The van der Waals surface area contributed by atoms with Crippen LogP contribution in [0.5, 0.6) is 0 Å². The van der Waals surface area contributed by atoms with E-state index in [2.05, 4.69) is 10.3 Å². The number of aromatic nitrogens is 1. The average molecular weight is 281 g/mol. The summed E-state index contributed by atoms with van der Waals surface area (Å²) in [6, 6.07) is 1.18. The molecule has 1 aromatic rings. The second kappa shape index (κ2) is 5.16. The highest BCUT2D eigenvalue weighted by Gasteiger charge is 2.31. The van der Waals surface area contributed by atoms with Crippen molar-refractivity contribution in [1.29, 1.82) is 0 Å². The molecule has 110 valence electrons. The van der Waals surface area contributed by atoms with Gasteiger partial charge in [0.1, 0.15) is 5.69 Å². The standard InChI is InChI=1S/C13H19N3O4/c1-8-6-9(10(14-8)11(17)18)15-12(19)16-5-3-4-13(2,20)7-16/h6,14,20H,3-5,7H2,1-2H3,(H,15,19)(H,17,18). The topological polar surface area (TPSA) is 106 Å². The second-order valence-electron chi connectivity index (χ2n) is 5.50. The zero-order chi connectivity index (χ0) is 14.9. The lowest BCUT2D eigenvalue weighted by Gasteiger charge is -2.36. The average Bonchev–Trinajstić information content (AvgIpc) is 2.69. The summed E-state index contributed by atoms with van der Waals surface area (Å²) in [4.78, 5) is 27.4. The molecule has 0 aliphatic carbocycles. The van der Waals surface area contributed by atoms with Crippen LogP contribution in [0.1, 0.15) is 35.9 Å². The highest BCUT2D eigenvalue weighted by Crippen LogP contribution is 2.22. The molecule has 0 spiro atoms. The summed E-state index contributed by atoms with van der Waals surface area (Å²) in [5.74, 6) is -1.13. The van der Waals surface area contributed by atoms with Crippen LogP contribution in [0, 0.1) is 6.92 Å². The number of nitrogens with one attached hydrogen (secondary N) is 2. The van der Waals surface area contributed by atoms with Gasteiger partial charge in [-0.05, 0) is 32.8 Å². The molecule has 20 heavy (non-hydrogen) atoms. The van der Waals surface area contributed by atoms with E-state index in [1.165, 1.54) is 4.90 Å². The van der Waals surface area contributed by atoms with Gasteiger partial charge in [0, 0.05) is 12.2 Å². The van der Waals surface area contributed by atoms with Crippen molar-refractivity contribution in [3.05, 3.63) is 17.5 Å². The highest BCUT2D eigenvalue weighted by atomic mass is 16.4. The first kappa shape index (κ1) is 14.4. The number of urea groups is 1. The molecule has 0 radical (unpaired) electrons. The number of rotatable bonds is 2. The number of H-pyrrole nitrogens is 1. The van der Waals surface area contributed by atoms with Gasteiger partial charge in [-0.3, -0.25) is 0 Å². The van der Waals surface area contributed by atoms with Gasteiger partial charge < -0.3 is 25.4 Å². The lowest BCUT2D eigenvalue weighted by Crippen LogP contribution is -2.50. The van der Waals surface area contributed by atoms with Crippen molar-refractivity contribution < 1.29 is 19.8 Å². The van der Waals surface area contributed by atoms with E-state index in [0.29, 0.717) is 18.7 Å². The van der Waals surface area contributed by atoms with E-state index in [1.54, 1.807) is 19.9 Å². The van der Waals surface area contributed by atoms with E-state index >= 15 is 0 Å². The number of aryl methyl sites for hydroxylation is 1. The number of carbonyl (C=O) groups is 2. The smallest absolute Gasteiger partial charge is 0.354 e. The number of carboxylic acid groups (broad SMARTS) is 1. The fraction of sp³-hybridized carbons (Fsp3) is 0.538. The molecule has 1 aliphatic rings. The number of carboxylic acids is 1. The number of likely N-dealkylation sites (tertiary alicyclic amines) is 1. The van der Waals surface area contributed by atoms with Gasteiger partial charge in [-0.2, -0.15) is 0 Å². The summed E-state index contributed by atoms with van der Waals surface area (Å²) < 4.78 is 0. The first-order valence-corrected chi connectivity index (χ1v) is 6.50. The molecule has 7 nitrogen and oxygen atoms in total. The summed E-state index contributed by atoms with van der Waals surface area (Å²) in [6.45, 7) is 4.20. The number of anilines is 1. The van der Waals surface area contributed by atoms with Gasteiger partial charge >= 0.3 is 12.0 Å². The van der Waals surface area contributed by atoms with Crippen LogP contribution in [-0.2, 0) is 0 Å². The number of aromatic carboxylic acids is 1.